The van der Waals surface area contributed by atoms with Crippen molar-refractivity contribution in [2.24, 2.45) is 0 Å². The van der Waals surface area contributed by atoms with Gasteiger partial charge in [0, 0.05) is 30.9 Å². The lowest BCUT2D eigenvalue weighted by Crippen LogP contribution is -2.46. The average Bonchev–Trinajstić information content (AvgIpc) is 3.14. The number of nitrogens with one attached hydrogen (secondary N) is 2. The predicted octanol–water partition coefficient (Wildman–Crippen LogP) is 0.946. The highest BCUT2D eigenvalue weighted by Crippen LogP contribution is 2.14. The minimum Gasteiger partial charge on any atom is -0.337 e. The number of hydrogen-bond acceptors (Lipinski definition) is 5. The van der Waals surface area contributed by atoms with E-state index in [1.165, 1.54) is 19.2 Å². The lowest BCUT2D eigenvalue weighted by Gasteiger charge is -2.32. The number of carbonyl (C=O) groups excluding carboxylic acids is 1. The molecule has 8 nitrogen and oxygen atoms in total. The summed E-state index contributed by atoms with van der Waals surface area (Å²) in [6.45, 7) is 2.16. The van der Waals surface area contributed by atoms with Gasteiger partial charge in [0.1, 0.15) is 12.7 Å². The van der Waals surface area contributed by atoms with Crippen LogP contribution in [0.1, 0.15) is 24.8 Å². The van der Waals surface area contributed by atoms with Crippen LogP contribution in [0.5, 0.6) is 0 Å². The maximum absolute atomic E-state index is 12.1. The van der Waals surface area contributed by atoms with Crippen molar-refractivity contribution in [2.75, 3.05) is 20.1 Å². The van der Waals surface area contributed by atoms with Gasteiger partial charge in [-0.15, -0.1) is 0 Å². The molecule has 0 spiro atoms. The molecule has 0 aromatic carbocycles. The summed E-state index contributed by atoms with van der Waals surface area (Å²) in [6.07, 6.45) is 8.35. The van der Waals surface area contributed by atoms with E-state index in [1.54, 1.807) is 17.2 Å². The topological polar surface area (TPSA) is 88.0 Å². The van der Waals surface area contributed by atoms with Crippen molar-refractivity contribution in [2.45, 2.75) is 31.8 Å². The Bertz CT molecular complexity index is 658. The van der Waals surface area contributed by atoms with Crippen molar-refractivity contribution in [3.63, 3.8) is 0 Å². The van der Waals surface area contributed by atoms with Gasteiger partial charge in [0.25, 0.3) is 0 Å². The van der Waals surface area contributed by atoms with Gasteiger partial charge < -0.3 is 15.5 Å². The second kappa shape index (κ2) is 7.87. The number of hydrogen-bond donors (Lipinski definition) is 2. The zero-order valence-corrected chi connectivity index (χ0v) is 13.9. The van der Waals surface area contributed by atoms with Gasteiger partial charge in [-0.2, -0.15) is 5.10 Å². The SMILES string of the molecule is CN1CCCCC1CNC(=O)NCc1cccnc1-n1cncn1. The van der Waals surface area contributed by atoms with Crippen molar-refractivity contribution in [1.82, 2.24) is 35.3 Å². The molecule has 1 aliphatic heterocycles. The number of carbonyl (C=O) groups is 1. The second-order valence-electron chi connectivity index (χ2n) is 6.02. The van der Waals surface area contributed by atoms with Crippen molar-refractivity contribution in [1.29, 1.82) is 0 Å². The summed E-state index contributed by atoms with van der Waals surface area (Å²) >= 11 is 0. The highest BCUT2D eigenvalue weighted by atomic mass is 16.2. The van der Waals surface area contributed by atoms with Crippen LogP contribution in [0, 0.1) is 0 Å². The molecule has 0 saturated carbocycles. The molecule has 1 atom stereocenters. The first kappa shape index (κ1) is 16.4. The molecule has 1 aliphatic rings. The third kappa shape index (κ3) is 4.08. The van der Waals surface area contributed by atoms with Gasteiger partial charge in [-0.3, -0.25) is 0 Å². The minimum absolute atomic E-state index is 0.164. The largest absolute Gasteiger partial charge is 0.337 e. The third-order valence-electron chi connectivity index (χ3n) is 4.36. The molecule has 2 aromatic heterocycles. The van der Waals surface area contributed by atoms with Crippen LogP contribution in [0.2, 0.25) is 0 Å². The Morgan fingerprint density at radius 1 is 1.38 bits per heavy atom. The Morgan fingerprint density at radius 3 is 3.08 bits per heavy atom. The Kier molecular flexibility index (Phi) is 5.37. The lowest BCUT2D eigenvalue weighted by molar-refractivity contribution is 0.180. The highest BCUT2D eigenvalue weighted by Gasteiger charge is 2.19. The Morgan fingerprint density at radius 2 is 2.29 bits per heavy atom. The third-order valence-corrected chi connectivity index (χ3v) is 4.36. The monoisotopic (exact) mass is 329 g/mol. The molecule has 1 unspecified atom stereocenters. The zero-order chi connectivity index (χ0) is 16.8. The zero-order valence-electron chi connectivity index (χ0n) is 13.9. The molecule has 1 saturated heterocycles. The Labute approximate surface area is 141 Å². The first-order chi connectivity index (χ1) is 11.7. The molecule has 1 fully saturated rings. The highest BCUT2D eigenvalue weighted by molar-refractivity contribution is 5.73. The summed E-state index contributed by atoms with van der Waals surface area (Å²) in [6, 6.07) is 4.02. The van der Waals surface area contributed by atoms with Gasteiger partial charge in [0.15, 0.2) is 5.82 Å². The molecule has 0 bridgehead atoms. The number of rotatable bonds is 5. The van der Waals surface area contributed by atoms with E-state index in [4.69, 9.17) is 0 Å². The molecule has 2 amide bonds. The molecular weight excluding hydrogens is 306 g/mol. The Hall–Kier alpha value is -2.48. The van der Waals surface area contributed by atoms with E-state index in [2.05, 4.69) is 37.6 Å². The minimum atomic E-state index is -0.164. The van der Waals surface area contributed by atoms with Gasteiger partial charge in [-0.1, -0.05) is 12.5 Å². The van der Waals surface area contributed by atoms with Gasteiger partial charge >= 0.3 is 6.03 Å². The van der Waals surface area contributed by atoms with E-state index < -0.39 is 0 Å². The van der Waals surface area contributed by atoms with Crippen LogP contribution in [0.4, 0.5) is 4.79 Å². The summed E-state index contributed by atoms with van der Waals surface area (Å²) in [5.41, 5.74) is 0.882. The molecule has 8 heteroatoms. The van der Waals surface area contributed by atoms with Crippen molar-refractivity contribution in [3.05, 3.63) is 36.5 Å². The number of urea groups is 1. The van der Waals surface area contributed by atoms with Gasteiger partial charge in [0.2, 0.25) is 0 Å². The normalized spacial score (nSPS) is 18.3. The molecule has 0 aliphatic carbocycles. The maximum atomic E-state index is 12.1. The summed E-state index contributed by atoms with van der Waals surface area (Å²) in [5, 5.41) is 9.94. The summed E-state index contributed by atoms with van der Waals surface area (Å²) < 4.78 is 1.59. The average molecular weight is 329 g/mol. The van der Waals surface area contributed by atoms with E-state index in [-0.39, 0.29) is 6.03 Å². The molecule has 24 heavy (non-hydrogen) atoms. The van der Waals surface area contributed by atoms with E-state index in [1.807, 2.05) is 12.1 Å². The first-order valence-electron chi connectivity index (χ1n) is 8.25. The lowest BCUT2D eigenvalue weighted by atomic mass is 10.0. The van der Waals surface area contributed by atoms with Crippen molar-refractivity contribution in [3.8, 4) is 5.82 Å². The maximum Gasteiger partial charge on any atom is 0.315 e. The number of aromatic nitrogens is 4. The van der Waals surface area contributed by atoms with E-state index in [9.17, 15) is 4.79 Å². The van der Waals surface area contributed by atoms with Gasteiger partial charge in [-0.05, 0) is 32.5 Å². The number of pyridine rings is 1. The number of amides is 2. The fraction of sp³-hybridized carbons (Fsp3) is 0.500. The summed E-state index contributed by atoms with van der Waals surface area (Å²) in [4.78, 5) is 22.6. The van der Waals surface area contributed by atoms with Crippen molar-refractivity contribution < 1.29 is 4.79 Å². The predicted molar refractivity (Wildman–Crippen MR) is 89.7 cm³/mol. The Balaban J connectivity index is 1.52. The van der Waals surface area contributed by atoms with Crippen molar-refractivity contribution >= 4 is 6.03 Å². The molecule has 128 valence electrons. The van der Waals surface area contributed by atoms with Crippen LogP contribution in [-0.4, -0.2) is 56.9 Å². The molecule has 0 radical (unpaired) electrons. The number of likely N-dealkylation sites (tertiary alicyclic amines) is 1. The number of nitrogens with zero attached hydrogens (tertiary/aromatic N) is 5. The van der Waals surface area contributed by atoms with Gasteiger partial charge in [-0.25, -0.2) is 19.4 Å². The van der Waals surface area contributed by atoms with E-state index in [0.717, 1.165) is 18.5 Å². The first-order valence-corrected chi connectivity index (χ1v) is 8.25. The molecule has 2 aromatic rings. The van der Waals surface area contributed by atoms with Crippen LogP contribution in [0.3, 0.4) is 0 Å². The van der Waals surface area contributed by atoms with Crippen LogP contribution in [0.25, 0.3) is 5.82 Å². The number of likely N-dealkylation sites (N-methyl/N-ethyl adjacent to an activating group) is 1. The second-order valence-corrected chi connectivity index (χ2v) is 6.02. The van der Waals surface area contributed by atoms with Crippen LogP contribution < -0.4 is 10.6 Å². The van der Waals surface area contributed by atoms with Crippen LogP contribution in [-0.2, 0) is 6.54 Å². The van der Waals surface area contributed by atoms with Gasteiger partial charge in [0.05, 0.1) is 0 Å². The van der Waals surface area contributed by atoms with Crippen LogP contribution in [0.15, 0.2) is 31.0 Å². The summed E-state index contributed by atoms with van der Waals surface area (Å²) in [7, 11) is 2.11. The standard InChI is InChI=1S/C16H23N7O/c1-22-8-3-2-6-14(22)10-20-16(24)19-9-13-5-4-7-18-15(13)23-12-17-11-21-23/h4-5,7,11-12,14H,2-3,6,8-10H2,1H3,(H2,19,20,24). The molecule has 2 N–H and O–H groups in total. The quantitative estimate of drug-likeness (QED) is 0.852. The molecular formula is C16H23N7O. The summed E-state index contributed by atoms with van der Waals surface area (Å²) in [5.74, 6) is 0.669. The fourth-order valence-electron chi connectivity index (χ4n) is 2.94. The van der Waals surface area contributed by atoms with Crippen LogP contribution >= 0.6 is 0 Å². The molecule has 3 heterocycles. The van der Waals surface area contributed by atoms with E-state index >= 15 is 0 Å². The fourth-order valence-corrected chi connectivity index (χ4v) is 2.94. The number of piperidine rings is 1. The smallest absolute Gasteiger partial charge is 0.315 e. The van der Waals surface area contributed by atoms with E-state index in [0.29, 0.717) is 24.9 Å². The molecule has 3 rings (SSSR count).